The number of amides is 4. The van der Waals surface area contributed by atoms with Crippen LogP contribution in [0, 0.1) is 11.8 Å². The number of fused-ring (bicyclic) bond motifs is 2. The molecule has 1 aliphatic carbocycles. The Hall–Kier alpha value is -4.04. The van der Waals surface area contributed by atoms with E-state index >= 15 is 0 Å². The second-order valence-corrected chi connectivity index (χ2v) is 16.1. The minimum Gasteiger partial charge on any atom is -0.446 e. The van der Waals surface area contributed by atoms with E-state index in [-0.39, 0.29) is 49.2 Å². The van der Waals surface area contributed by atoms with Crippen molar-refractivity contribution in [1.29, 1.82) is 0 Å². The molecule has 4 rings (SSSR count). The Kier molecular flexibility index (Phi) is 23.5. The lowest BCUT2D eigenvalue weighted by atomic mass is 10.0. The molecule has 2 aromatic carbocycles. The Morgan fingerprint density at radius 3 is 2.02 bits per heavy atom. The molecule has 0 radical (unpaired) electrons. The molecule has 15 heteroatoms. The highest BCUT2D eigenvalue weighted by Gasteiger charge is 2.22. The SMILES string of the molecule is O=C(CCOCCOCCOCCOCCNC(=O)CCC(=O)N1Cc2ccccc2C#Cc2ccccc21)NCCSSCCNC(=O)OC1CC/C=C/CCC1. The maximum absolute atomic E-state index is 13.3. The zero-order chi connectivity index (χ0) is 40.9. The zero-order valence-electron chi connectivity index (χ0n) is 33.3. The normalized spacial score (nSPS) is 15.2. The highest BCUT2D eigenvalue weighted by Crippen LogP contribution is 2.26. The predicted molar refractivity (Wildman–Crippen MR) is 229 cm³/mol. The van der Waals surface area contributed by atoms with Crippen molar-refractivity contribution in [3.05, 3.63) is 77.4 Å². The molecule has 1 aliphatic heterocycles. The number of alkyl carbamates (subject to hydrolysis) is 1. The third-order valence-electron chi connectivity index (χ3n) is 8.94. The molecule has 2 aliphatic rings. The van der Waals surface area contributed by atoms with Gasteiger partial charge in [-0.1, -0.05) is 75.9 Å². The van der Waals surface area contributed by atoms with Crippen molar-refractivity contribution in [3.63, 3.8) is 0 Å². The van der Waals surface area contributed by atoms with Gasteiger partial charge in [-0.2, -0.15) is 0 Å². The van der Waals surface area contributed by atoms with Crippen molar-refractivity contribution in [2.45, 2.75) is 64.0 Å². The molecule has 0 bridgehead atoms. The minimum absolute atomic E-state index is 0.00328. The summed E-state index contributed by atoms with van der Waals surface area (Å²) in [7, 11) is 3.30. The minimum atomic E-state index is -0.343. The highest BCUT2D eigenvalue weighted by atomic mass is 33.1. The summed E-state index contributed by atoms with van der Waals surface area (Å²) in [5.41, 5.74) is 3.39. The molecule has 4 amide bonds. The number of para-hydroxylation sites is 1. The molecule has 0 spiro atoms. The lowest BCUT2D eigenvalue weighted by Crippen LogP contribution is -2.34. The van der Waals surface area contributed by atoms with E-state index in [1.807, 2.05) is 48.5 Å². The maximum atomic E-state index is 13.3. The third kappa shape index (κ3) is 19.6. The molecule has 2 aromatic rings. The van der Waals surface area contributed by atoms with Crippen LogP contribution < -0.4 is 20.9 Å². The number of anilines is 1. The maximum Gasteiger partial charge on any atom is 0.407 e. The van der Waals surface area contributed by atoms with Crippen LogP contribution in [0.2, 0.25) is 0 Å². The number of hydrogen-bond donors (Lipinski definition) is 3. The van der Waals surface area contributed by atoms with Gasteiger partial charge in [0.1, 0.15) is 6.10 Å². The van der Waals surface area contributed by atoms with Crippen LogP contribution >= 0.6 is 21.6 Å². The van der Waals surface area contributed by atoms with Gasteiger partial charge in [-0.3, -0.25) is 14.4 Å². The van der Waals surface area contributed by atoms with E-state index in [4.69, 9.17) is 23.7 Å². The second kappa shape index (κ2) is 29.2. The van der Waals surface area contributed by atoms with E-state index in [1.165, 1.54) is 0 Å². The van der Waals surface area contributed by atoms with Crippen molar-refractivity contribution >= 4 is 51.1 Å². The van der Waals surface area contributed by atoms with Crippen molar-refractivity contribution < 1.29 is 42.9 Å². The van der Waals surface area contributed by atoms with Crippen LogP contribution in [0.4, 0.5) is 10.5 Å². The fourth-order valence-electron chi connectivity index (χ4n) is 5.91. The van der Waals surface area contributed by atoms with E-state index < -0.39 is 0 Å². The van der Waals surface area contributed by atoms with Gasteiger partial charge in [-0.15, -0.1) is 0 Å². The Bertz CT molecular complexity index is 1650. The summed E-state index contributed by atoms with van der Waals surface area (Å²) in [6.45, 7) is 4.88. The van der Waals surface area contributed by atoms with Crippen LogP contribution in [-0.2, 0) is 44.6 Å². The summed E-state index contributed by atoms with van der Waals surface area (Å²) in [5, 5.41) is 8.51. The summed E-state index contributed by atoms with van der Waals surface area (Å²) < 4.78 is 27.6. The molecule has 1 heterocycles. The Morgan fingerprint density at radius 2 is 1.24 bits per heavy atom. The van der Waals surface area contributed by atoms with E-state index in [2.05, 4.69) is 39.9 Å². The third-order valence-corrected chi connectivity index (χ3v) is 11.3. The van der Waals surface area contributed by atoms with Gasteiger partial charge < -0.3 is 44.5 Å². The first kappa shape index (κ1) is 46.6. The standard InChI is InChI=1S/C43H58N4O9S2/c48-40(18-19-42(50)47-34-37-12-7-6-10-35(37)16-17-36-11-8-9-15-39(36)47)44-21-25-53-27-29-55-31-30-54-28-26-52-24-20-41(49)45-22-32-57-58-33-23-46-43(51)56-38-13-4-2-1-3-5-14-38/h1-2,6-12,15,38H,3-5,13-14,18-34H2,(H,44,48)(H,45,49)(H,46,51)/b2-1+. The summed E-state index contributed by atoms with van der Waals surface area (Å²) in [6.07, 6.45) is 9.29. The van der Waals surface area contributed by atoms with Gasteiger partial charge >= 0.3 is 6.09 Å². The van der Waals surface area contributed by atoms with Gasteiger partial charge in [-0.05, 0) is 55.9 Å². The van der Waals surface area contributed by atoms with E-state index in [0.29, 0.717) is 79.0 Å². The predicted octanol–water partition coefficient (Wildman–Crippen LogP) is 5.40. The molecule has 316 valence electrons. The number of nitrogens with zero attached hydrogens (tertiary/aromatic N) is 1. The number of carbonyl (C=O) groups excluding carboxylic acids is 4. The molecule has 3 N–H and O–H groups in total. The number of benzene rings is 2. The fraction of sp³-hybridized carbons (Fsp3) is 0.535. The molecule has 1 atom stereocenters. The fourth-order valence-corrected chi connectivity index (χ4v) is 7.72. The monoisotopic (exact) mass is 838 g/mol. The molecule has 0 aromatic heterocycles. The molecule has 0 saturated carbocycles. The van der Waals surface area contributed by atoms with Crippen molar-refractivity contribution in [3.8, 4) is 11.8 Å². The molecule has 13 nitrogen and oxygen atoms in total. The number of nitrogens with one attached hydrogen (secondary N) is 3. The number of ether oxygens (including phenoxy) is 5. The summed E-state index contributed by atoms with van der Waals surface area (Å²) >= 11 is 0. The number of hydrogen-bond acceptors (Lipinski definition) is 11. The van der Waals surface area contributed by atoms with Crippen LogP contribution in [0.15, 0.2) is 60.7 Å². The molecule has 0 fully saturated rings. The van der Waals surface area contributed by atoms with Crippen LogP contribution in [-0.4, -0.2) is 114 Å². The molecular formula is C43H58N4O9S2. The zero-order valence-corrected chi connectivity index (χ0v) is 35.0. The second-order valence-electron chi connectivity index (χ2n) is 13.4. The van der Waals surface area contributed by atoms with Crippen LogP contribution in [0.1, 0.15) is 68.1 Å². The first-order valence-corrected chi connectivity index (χ1v) is 22.7. The lowest BCUT2D eigenvalue weighted by molar-refractivity contribution is -0.125. The Balaban J connectivity index is 0.875. The van der Waals surface area contributed by atoms with Gasteiger partial charge in [0.25, 0.3) is 0 Å². The van der Waals surface area contributed by atoms with Gasteiger partial charge in [0.05, 0.1) is 65.1 Å². The van der Waals surface area contributed by atoms with Gasteiger partial charge in [0.2, 0.25) is 17.7 Å². The highest BCUT2D eigenvalue weighted by molar-refractivity contribution is 8.76. The van der Waals surface area contributed by atoms with Gasteiger partial charge in [0.15, 0.2) is 0 Å². The van der Waals surface area contributed by atoms with Gasteiger partial charge in [0, 0.05) is 61.5 Å². The molecule has 58 heavy (non-hydrogen) atoms. The average molecular weight is 839 g/mol. The molecule has 0 saturated heterocycles. The van der Waals surface area contributed by atoms with Gasteiger partial charge in [-0.25, -0.2) is 4.79 Å². The lowest BCUT2D eigenvalue weighted by Gasteiger charge is -2.26. The smallest absolute Gasteiger partial charge is 0.407 e. The summed E-state index contributed by atoms with van der Waals surface area (Å²) in [6, 6.07) is 15.4. The number of carbonyl (C=O) groups is 4. The molecular weight excluding hydrogens is 781 g/mol. The Labute approximate surface area is 350 Å². The number of allylic oxidation sites excluding steroid dienone is 2. The van der Waals surface area contributed by atoms with Crippen LogP contribution in [0.5, 0.6) is 0 Å². The topological polar surface area (TPSA) is 154 Å². The van der Waals surface area contributed by atoms with E-state index in [9.17, 15) is 19.2 Å². The number of rotatable bonds is 26. The average Bonchev–Trinajstić information content (AvgIpc) is 3.21. The largest absolute Gasteiger partial charge is 0.446 e. The quantitative estimate of drug-likeness (QED) is 0.0484. The van der Waals surface area contributed by atoms with Crippen molar-refractivity contribution in [2.75, 3.05) is 88.9 Å². The first-order chi connectivity index (χ1) is 28.5. The molecule has 1 unspecified atom stereocenters. The summed E-state index contributed by atoms with van der Waals surface area (Å²) in [5.74, 6) is 7.53. The van der Waals surface area contributed by atoms with E-state index in [1.54, 1.807) is 26.5 Å². The van der Waals surface area contributed by atoms with Crippen LogP contribution in [0.3, 0.4) is 0 Å². The van der Waals surface area contributed by atoms with Crippen molar-refractivity contribution in [2.24, 2.45) is 0 Å². The van der Waals surface area contributed by atoms with Crippen molar-refractivity contribution in [1.82, 2.24) is 16.0 Å². The van der Waals surface area contributed by atoms with Crippen LogP contribution in [0.25, 0.3) is 0 Å². The first-order valence-electron chi connectivity index (χ1n) is 20.2. The summed E-state index contributed by atoms with van der Waals surface area (Å²) in [4.78, 5) is 51.5. The van der Waals surface area contributed by atoms with E-state index in [0.717, 1.165) is 66.0 Å². The Morgan fingerprint density at radius 1 is 0.638 bits per heavy atom.